The highest BCUT2D eigenvalue weighted by Gasteiger charge is 2.07. The quantitative estimate of drug-likeness (QED) is 0.907. The monoisotopic (exact) mass is 308 g/mol. The molecule has 94 valence electrons. The number of anilines is 2. The first-order chi connectivity index (χ1) is 8.70. The van der Waals surface area contributed by atoms with Gasteiger partial charge in [-0.1, -0.05) is 28.1 Å². The summed E-state index contributed by atoms with van der Waals surface area (Å²) in [6, 6.07) is 8.01. The second-order valence-electron chi connectivity index (χ2n) is 3.63. The molecule has 3 N–H and O–H groups in total. The first kappa shape index (κ1) is 12.6. The molecule has 0 radical (unpaired) electrons. The van der Waals surface area contributed by atoms with Gasteiger partial charge in [-0.25, -0.2) is 4.98 Å². The number of aromatic nitrogens is 2. The fraction of sp³-hybridized carbons (Fsp3) is 0.167. The smallest absolute Gasteiger partial charge is 0.242 e. The Morgan fingerprint density at radius 3 is 2.67 bits per heavy atom. The Bertz CT molecular complexity index is 530. The number of hydrogen-bond acceptors (Lipinski definition) is 5. The number of nitrogens with zero attached hydrogens (tertiary/aromatic N) is 2. The SMILES string of the molecule is COc1ncnc(NCc2ccc(Br)cc2)c1N. The van der Waals surface area contributed by atoms with Crippen LogP contribution in [0.3, 0.4) is 0 Å². The van der Waals surface area contributed by atoms with Gasteiger partial charge in [0.05, 0.1) is 7.11 Å². The number of ether oxygens (including phenoxy) is 1. The lowest BCUT2D eigenvalue weighted by Gasteiger charge is -2.10. The van der Waals surface area contributed by atoms with E-state index in [1.165, 1.54) is 13.4 Å². The number of rotatable bonds is 4. The normalized spacial score (nSPS) is 10.1. The molecule has 0 aliphatic rings. The Labute approximate surface area is 114 Å². The fourth-order valence-electron chi connectivity index (χ4n) is 1.47. The summed E-state index contributed by atoms with van der Waals surface area (Å²) < 4.78 is 6.08. The minimum absolute atomic E-state index is 0.378. The topological polar surface area (TPSA) is 73.1 Å². The number of nitrogens with two attached hydrogens (primary N) is 1. The predicted octanol–water partition coefficient (Wildman–Crippen LogP) is 2.44. The molecule has 0 aliphatic heterocycles. The number of nitrogen functional groups attached to an aromatic ring is 1. The molecule has 1 heterocycles. The molecule has 2 rings (SSSR count). The van der Waals surface area contributed by atoms with E-state index in [0.29, 0.717) is 23.9 Å². The van der Waals surface area contributed by atoms with Crippen LogP contribution in [0.15, 0.2) is 35.1 Å². The van der Waals surface area contributed by atoms with Crippen molar-refractivity contribution >= 4 is 27.4 Å². The zero-order chi connectivity index (χ0) is 13.0. The number of benzene rings is 1. The second kappa shape index (κ2) is 5.68. The Hall–Kier alpha value is -1.82. The third-order valence-electron chi connectivity index (χ3n) is 2.41. The molecule has 1 aromatic carbocycles. The van der Waals surface area contributed by atoms with Crippen molar-refractivity contribution in [2.75, 3.05) is 18.2 Å². The van der Waals surface area contributed by atoms with Crippen molar-refractivity contribution in [1.82, 2.24) is 9.97 Å². The zero-order valence-corrected chi connectivity index (χ0v) is 11.4. The summed E-state index contributed by atoms with van der Waals surface area (Å²) in [6.45, 7) is 0.637. The molecule has 0 atom stereocenters. The van der Waals surface area contributed by atoms with Gasteiger partial charge in [0, 0.05) is 11.0 Å². The second-order valence-corrected chi connectivity index (χ2v) is 4.54. The van der Waals surface area contributed by atoms with Crippen LogP contribution in [0.25, 0.3) is 0 Å². The van der Waals surface area contributed by atoms with Crippen LogP contribution >= 0.6 is 15.9 Å². The van der Waals surface area contributed by atoms with E-state index in [2.05, 4.69) is 31.2 Å². The average molecular weight is 309 g/mol. The molecule has 0 saturated carbocycles. The maximum Gasteiger partial charge on any atom is 0.242 e. The minimum atomic E-state index is 0.378. The van der Waals surface area contributed by atoms with Gasteiger partial charge < -0.3 is 15.8 Å². The molecule has 0 saturated heterocycles. The van der Waals surface area contributed by atoms with Crippen LogP contribution < -0.4 is 15.8 Å². The first-order valence-corrected chi connectivity index (χ1v) is 6.13. The molecule has 0 fully saturated rings. The maximum absolute atomic E-state index is 5.86. The summed E-state index contributed by atoms with van der Waals surface area (Å²) in [4.78, 5) is 8.00. The Kier molecular flexibility index (Phi) is 3.99. The van der Waals surface area contributed by atoms with Crippen LogP contribution in [-0.4, -0.2) is 17.1 Å². The average Bonchev–Trinajstić information content (AvgIpc) is 2.39. The summed E-state index contributed by atoms with van der Waals surface area (Å²) in [7, 11) is 1.52. The predicted molar refractivity (Wildman–Crippen MR) is 74.5 cm³/mol. The third kappa shape index (κ3) is 2.89. The van der Waals surface area contributed by atoms with E-state index >= 15 is 0 Å². The Balaban J connectivity index is 2.08. The number of methoxy groups -OCH3 is 1. The molecule has 2 aromatic rings. The van der Waals surface area contributed by atoms with E-state index in [4.69, 9.17) is 10.5 Å². The Morgan fingerprint density at radius 1 is 1.28 bits per heavy atom. The van der Waals surface area contributed by atoms with Crippen LogP contribution in [-0.2, 0) is 6.54 Å². The van der Waals surface area contributed by atoms with Crippen LogP contribution in [0.4, 0.5) is 11.5 Å². The first-order valence-electron chi connectivity index (χ1n) is 5.33. The summed E-state index contributed by atoms with van der Waals surface area (Å²) in [6.07, 6.45) is 1.42. The molecule has 0 bridgehead atoms. The van der Waals surface area contributed by atoms with Crippen molar-refractivity contribution in [1.29, 1.82) is 0 Å². The lowest BCUT2D eigenvalue weighted by atomic mass is 10.2. The van der Waals surface area contributed by atoms with Crippen LogP contribution in [0.1, 0.15) is 5.56 Å². The highest BCUT2D eigenvalue weighted by molar-refractivity contribution is 9.10. The van der Waals surface area contributed by atoms with E-state index in [0.717, 1.165) is 10.0 Å². The van der Waals surface area contributed by atoms with Gasteiger partial charge >= 0.3 is 0 Å². The van der Waals surface area contributed by atoms with Gasteiger partial charge in [-0.15, -0.1) is 0 Å². The minimum Gasteiger partial charge on any atom is -0.479 e. The standard InChI is InChI=1S/C12H13BrN4O/c1-18-12-10(14)11(16-7-17-12)15-6-8-2-4-9(13)5-3-8/h2-5,7H,6,14H2,1H3,(H,15,16,17). The van der Waals surface area contributed by atoms with Gasteiger partial charge in [0.25, 0.3) is 0 Å². The summed E-state index contributed by atoms with van der Waals surface area (Å²) in [5.74, 6) is 0.952. The van der Waals surface area contributed by atoms with Gasteiger partial charge in [0.1, 0.15) is 12.0 Å². The molecule has 1 aromatic heterocycles. The van der Waals surface area contributed by atoms with E-state index in [1.54, 1.807) is 0 Å². The van der Waals surface area contributed by atoms with E-state index < -0.39 is 0 Å². The molecule has 0 amide bonds. The molecular formula is C12H13BrN4O. The van der Waals surface area contributed by atoms with Gasteiger partial charge in [0.2, 0.25) is 5.88 Å². The van der Waals surface area contributed by atoms with Crippen molar-refractivity contribution in [3.8, 4) is 5.88 Å². The van der Waals surface area contributed by atoms with E-state index in [9.17, 15) is 0 Å². The van der Waals surface area contributed by atoms with E-state index in [1.807, 2.05) is 24.3 Å². The lowest BCUT2D eigenvalue weighted by Crippen LogP contribution is -2.06. The maximum atomic E-state index is 5.86. The highest BCUT2D eigenvalue weighted by Crippen LogP contribution is 2.24. The molecule has 0 spiro atoms. The molecule has 0 unspecified atom stereocenters. The molecule has 5 nitrogen and oxygen atoms in total. The van der Waals surface area contributed by atoms with Gasteiger partial charge in [0.15, 0.2) is 5.82 Å². The molecular weight excluding hydrogens is 296 g/mol. The Morgan fingerprint density at radius 2 is 2.00 bits per heavy atom. The lowest BCUT2D eigenvalue weighted by molar-refractivity contribution is 0.399. The molecule has 0 aliphatic carbocycles. The fourth-order valence-corrected chi connectivity index (χ4v) is 1.74. The number of halogens is 1. The summed E-state index contributed by atoms with van der Waals surface area (Å²) in [5.41, 5.74) is 7.41. The molecule has 6 heteroatoms. The van der Waals surface area contributed by atoms with Crippen LogP contribution in [0.5, 0.6) is 5.88 Å². The number of nitrogens with one attached hydrogen (secondary N) is 1. The molecule has 18 heavy (non-hydrogen) atoms. The summed E-state index contributed by atoms with van der Waals surface area (Å²) >= 11 is 3.39. The van der Waals surface area contributed by atoms with Gasteiger partial charge in [-0.05, 0) is 17.7 Å². The van der Waals surface area contributed by atoms with Gasteiger partial charge in [-0.3, -0.25) is 0 Å². The third-order valence-corrected chi connectivity index (χ3v) is 2.94. The van der Waals surface area contributed by atoms with Crippen molar-refractivity contribution in [2.24, 2.45) is 0 Å². The van der Waals surface area contributed by atoms with Crippen LogP contribution in [0, 0.1) is 0 Å². The summed E-state index contributed by atoms with van der Waals surface area (Å²) in [5, 5.41) is 3.15. The van der Waals surface area contributed by atoms with Crippen molar-refractivity contribution in [3.05, 3.63) is 40.6 Å². The van der Waals surface area contributed by atoms with Gasteiger partial charge in [-0.2, -0.15) is 4.98 Å². The zero-order valence-electron chi connectivity index (χ0n) is 9.85. The highest BCUT2D eigenvalue weighted by atomic mass is 79.9. The van der Waals surface area contributed by atoms with Crippen LogP contribution in [0.2, 0.25) is 0 Å². The van der Waals surface area contributed by atoms with Crippen molar-refractivity contribution in [2.45, 2.75) is 6.54 Å². The van der Waals surface area contributed by atoms with Crippen molar-refractivity contribution < 1.29 is 4.74 Å². The largest absolute Gasteiger partial charge is 0.479 e. The van der Waals surface area contributed by atoms with Crippen molar-refractivity contribution in [3.63, 3.8) is 0 Å². The number of hydrogen-bond donors (Lipinski definition) is 2. The van der Waals surface area contributed by atoms with E-state index in [-0.39, 0.29) is 0 Å².